The van der Waals surface area contributed by atoms with Gasteiger partial charge in [0.05, 0.1) is 18.2 Å². The molecule has 2 unspecified atom stereocenters. The van der Waals surface area contributed by atoms with Gasteiger partial charge in [-0.05, 0) is 54.5 Å². The number of hydrogen-bond acceptors (Lipinski definition) is 4. The summed E-state index contributed by atoms with van der Waals surface area (Å²) in [7, 11) is 0. The minimum atomic E-state index is -0.609. The second-order valence-electron chi connectivity index (χ2n) is 9.12. The lowest BCUT2D eigenvalue weighted by atomic mass is 9.70. The van der Waals surface area contributed by atoms with Gasteiger partial charge in [-0.3, -0.25) is 0 Å². The Morgan fingerprint density at radius 3 is 1.78 bits per heavy atom. The number of anilines is 2. The Balaban J connectivity index is 1.70. The Hall–Kier alpha value is -2.04. The predicted molar refractivity (Wildman–Crippen MR) is 136 cm³/mol. The summed E-state index contributed by atoms with van der Waals surface area (Å²) in [6.07, 6.45) is 5.39. The quantitative estimate of drug-likeness (QED) is 0.408. The van der Waals surface area contributed by atoms with Crippen molar-refractivity contribution in [2.75, 3.05) is 23.3 Å². The van der Waals surface area contributed by atoms with Crippen LogP contribution in [0.1, 0.15) is 76.0 Å². The summed E-state index contributed by atoms with van der Waals surface area (Å²) in [6, 6.07) is 14.5. The maximum Gasteiger partial charge on any atom is 0.0860 e. The smallest absolute Gasteiger partial charge is 0.0860 e. The molecule has 176 valence electrons. The molecule has 4 nitrogen and oxygen atoms in total. The van der Waals surface area contributed by atoms with Gasteiger partial charge in [-0.1, -0.05) is 70.9 Å². The maximum atomic E-state index is 11.0. The summed E-state index contributed by atoms with van der Waals surface area (Å²) in [4.78, 5) is 2.46. The summed E-state index contributed by atoms with van der Waals surface area (Å²) >= 11 is 0. The van der Waals surface area contributed by atoms with Crippen molar-refractivity contribution in [3.8, 4) is 0 Å². The largest absolute Gasteiger partial charge is 0.390 e. The first-order valence-electron chi connectivity index (χ1n) is 12.6. The molecule has 3 rings (SSSR count). The predicted octanol–water partition coefficient (Wildman–Crippen LogP) is 5.52. The van der Waals surface area contributed by atoms with Gasteiger partial charge in [0.2, 0.25) is 0 Å². The third-order valence-corrected chi connectivity index (χ3v) is 6.99. The highest BCUT2D eigenvalue weighted by Gasteiger charge is 2.50. The Bertz CT molecular complexity index is 796. The lowest BCUT2D eigenvalue weighted by molar-refractivity contribution is -0.0662. The van der Waals surface area contributed by atoms with Gasteiger partial charge in [-0.15, -0.1) is 0 Å². The van der Waals surface area contributed by atoms with Crippen molar-refractivity contribution in [1.29, 1.82) is 0 Å². The standard InChI is InChI=1S/C28H42N2O2/c1-5-9-18-30(19-10-6-2)23-16-14-22(15-17-23)24-27(31)26(28(24)32)29-25-20(7-3)12-11-13-21(25)8-4/h11-17,24,26-29,31-32H,5-10,18-19H2,1-4H3. The van der Waals surface area contributed by atoms with Crippen LogP contribution in [-0.2, 0) is 12.8 Å². The molecule has 0 heterocycles. The van der Waals surface area contributed by atoms with E-state index in [9.17, 15) is 10.2 Å². The maximum absolute atomic E-state index is 11.0. The van der Waals surface area contributed by atoms with Gasteiger partial charge >= 0.3 is 0 Å². The zero-order chi connectivity index (χ0) is 23.1. The molecule has 0 aliphatic heterocycles. The van der Waals surface area contributed by atoms with Crippen molar-refractivity contribution in [3.05, 3.63) is 59.2 Å². The summed E-state index contributed by atoms with van der Waals surface area (Å²) in [6.45, 7) is 10.9. The summed E-state index contributed by atoms with van der Waals surface area (Å²) in [5.74, 6) is -0.250. The van der Waals surface area contributed by atoms with Crippen LogP contribution in [-0.4, -0.2) is 41.6 Å². The molecule has 4 heteroatoms. The summed E-state index contributed by atoms with van der Waals surface area (Å²) in [5.41, 5.74) is 5.79. The molecule has 1 aliphatic rings. The number of aryl methyl sites for hydroxylation is 2. The number of aliphatic hydroxyl groups is 2. The van der Waals surface area contributed by atoms with Crippen LogP contribution in [0.25, 0.3) is 0 Å². The van der Waals surface area contributed by atoms with E-state index in [0.717, 1.165) is 37.2 Å². The van der Waals surface area contributed by atoms with Gasteiger partial charge < -0.3 is 20.4 Å². The van der Waals surface area contributed by atoms with Crippen molar-refractivity contribution >= 4 is 11.4 Å². The van der Waals surface area contributed by atoms with Gasteiger partial charge in [-0.25, -0.2) is 0 Å². The molecule has 1 saturated carbocycles. The van der Waals surface area contributed by atoms with Crippen LogP contribution in [0.15, 0.2) is 42.5 Å². The summed E-state index contributed by atoms with van der Waals surface area (Å²) in [5, 5.41) is 25.4. The highest BCUT2D eigenvalue weighted by Crippen LogP contribution is 2.41. The van der Waals surface area contributed by atoms with Crippen LogP contribution in [0, 0.1) is 0 Å². The fraction of sp³-hybridized carbons (Fsp3) is 0.571. The van der Waals surface area contributed by atoms with Crippen LogP contribution in [0.2, 0.25) is 0 Å². The average Bonchev–Trinajstić information content (AvgIpc) is 2.83. The molecular weight excluding hydrogens is 396 g/mol. The number of nitrogens with zero attached hydrogens (tertiary/aromatic N) is 1. The van der Waals surface area contributed by atoms with E-state index >= 15 is 0 Å². The van der Waals surface area contributed by atoms with Crippen LogP contribution in [0.5, 0.6) is 0 Å². The van der Waals surface area contributed by atoms with Gasteiger partial charge in [0.1, 0.15) is 0 Å². The molecule has 0 bridgehead atoms. The molecule has 2 aromatic rings. The minimum Gasteiger partial charge on any atom is -0.390 e. The third kappa shape index (κ3) is 5.29. The van der Waals surface area contributed by atoms with Crippen LogP contribution in [0.4, 0.5) is 11.4 Å². The lowest BCUT2D eigenvalue weighted by Crippen LogP contribution is -2.61. The summed E-state index contributed by atoms with van der Waals surface area (Å²) < 4.78 is 0. The third-order valence-electron chi connectivity index (χ3n) is 6.99. The van der Waals surface area contributed by atoms with Gasteiger partial charge in [0.15, 0.2) is 0 Å². The van der Waals surface area contributed by atoms with Crippen LogP contribution < -0.4 is 10.2 Å². The van der Waals surface area contributed by atoms with Gasteiger partial charge in [0.25, 0.3) is 0 Å². The van der Waals surface area contributed by atoms with Crippen molar-refractivity contribution < 1.29 is 10.2 Å². The molecule has 0 aromatic heterocycles. The second-order valence-corrected chi connectivity index (χ2v) is 9.12. The highest BCUT2D eigenvalue weighted by atomic mass is 16.3. The Morgan fingerprint density at radius 2 is 1.31 bits per heavy atom. The Kier molecular flexibility index (Phi) is 9.01. The fourth-order valence-electron chi connectivity index (χ4n) is 4.84. The second kappa shape index (κ2) is 11.7. The zero-order valence-corrected chi connectivity index (χ0v) is 20.3. The minimum absolute atomic E-state index is 0.250. The monoisotopic (exact) mass is 438 g/mol. The van der Waals surface area contributed by atoms with Crippen molar-refractivity contribution in [1.82, 2.24) is 0 Å². The molecule has 0 saturated heterocycles. The number of unbranched alkanes of at least 4 members (excludes halogenated alkanes) is 2. The topological polar surface area (TPSA) is 55.7 Å². The van der Waals surface area contributed by atoms with Gasteiger partial charge in [-0.2, -0.15) is 0 Å². The lowest BCUT2D eigenvalue weighted by Gasteiger charge is -2.47. The number of benzene rings is 2. The van der Waals surface area contributed by atoms with E-state index < -0.39 is 12.2 Å². The van der Waals surface area contributed by atoms with Crippen LogP contribution in [0.3, 0.4) is 0 Å². The number of hydrogen-bond donors (Lipinski definition) is 3. The Morgan fingerprint density at radius 1 is 0.781 bits per heavy atom. The van der Waals surface area contributed by atoms with Crippen LogP contribution >= 0.6 is 0 Å². The molecule has 0 radical (unpaired) electrons. The molecule has 32 heavy (non-hydrogen) atoms. The molecule has 2 aromatic carbocycles. The number of rotatable bonds is 12. The van der Waals surface area contributed by atoms with E-state index in [1.54, 1.807) is 0 Å². The average molecular weight is 439 g/mol. The number of nitrogens with one attached hydrogen (secondary N) is 1. The zero-order valence-electron chi connectivity index (χ0n) is 20.3. The van der Waals surface area contributed by atoms with E-state index in [-0.39, 0.29) is 12.0 Å². The van der Waals surface area contributed by atoms with E-state index in [2.05, 4.69) is 80.4 Å². The number of aliphatic hydroxyl groups excluding tert-OH is 2. The molecule has 1 aliphatic carbocycles. The SMILES string of the molecule is CCCCN(CCCC)c1ccc(C2C(O)C(Nc3c(CC)cccc3CC)C2O)cc1. The molecule has 1 fully saturated rings. The molecular formula is C28H42N2O2. The first-order chi connectivity index (χ1) is 15.5. The van der Waals surface area contributed by atoms with E-state index in [1.807, 2.05) is 0 Å². The van der Waals surface area contributed by atoms with E-state index in [1.165, 1.54) is 42.5 Å². The first kappa shape index (κ1) is 24.6. The number of para-hydroxylation sites is 1. The molecule has 2 atom stereocenters. The first-order valence-corrected chi connectivity index (χ1v) is 12.6. The Labute approximate surface area is 194 Å². The normalized spacial score (nSPS) is 22.4. The molecule has 3 N–H and O–H groups in total. The van der Waals surface area contributed by atoms with Gasteiger partial charge in [0, 0.05) is 30.4 Å². The van der Waals surface area contributed by atoms with Crippen molar-refractivity contribution in [2.45, 2.75) is 90.4 Å². The van der Waals surface area contributed by atoms with E-state index in [4.69, 9.17) is 0 Å². The highest BCUT2D eigenvalue weighted by molar-refractivity contribution is 5.60. The van der Waals surface area contributed by atoms with Crippen molar-refractivity contribution in [2.24, 2.45) is 0 Å². The van der Waals surface area contributed by atoms with Crippen molar-refractivity contribution in [3.63, 3.8) is 0 Å². The molecule has 0 amide bonds. The van der Waals surface area contributed by atoms with E-state index in [0.29, 0.717) is 0 Å². The molecule has 0 spiro atoms. The fourth-order valence-corrected chi connectivity index (χ4v) is 4.84.